The van der Waals surface area contributed by atoms with Crippen LogP contribution in [0.3, 0.4) is 0 Å². The van der Waals surface area contributed by atoms with Gasteiger partial charge in [-0.05, 0) is 30.5 Å². The third kappa shape index (κ3) is 3.41. The third-order valence-electron chi connectivity index (χ3n) is 3.66. The number of aliphatic hydroxyl groups excluding tert-OH is 1. The van der Waals surface area contributed by atoms with Crippen molar-refractivity contribution in [3.05, 3.63) is 22.2 Å². The summed E-state index contributed by atoms with van der Waals surface area (Å²) in [5.74, 6) is 1.44. The van der Waals surface area contributed by atoms with E-state index in [0.717, 1.165) is 41.7 Å². The molecule has 0 heterocycles. The van der Waals surface area contributed by atoms with Crippen LogP contribution in [-0.2, 0) is 6.54 Å². The SMILES string of the molecule is COc1cc(Br)c(CNCC2(CO)CC2)cc1OC. The average Bonchev–Trinajstić information content (AvgIpc) is 3.20. The van der Waals surface area contributed by atoms with E-state index in [0.29, 0.717) is 5.75 Å². The first-order valence-corrected chi connectivity index (χ1v) is 7.15. The van der Waals surface area contributed by atoms with Gasteiger partial charge in [-0.25, -0.2) is 0 Å². The highest BCUT2D eigenvalue weighted by Crippen LogP contribution is 2.44. The number of methoxy groups -OCH3 is 2. The lowest BCUT2D eigenvalue weighted by Crippen LogP contribution is -2.26. The zero-order valence-electron chi connectivity index (χ0n) is 11.3. The molecular weight excluding hydrogens is 310 g/mol. The Morgan fingerprint density at radius 3 is 2.42 bits per heavy atom. The molecule has 0 radical (unpaired) electrons. The lowest BCUT2D eigenvalue weighted by atomic mass is 10.1. The Hall–Kier alpha value is -0.780. The first-order chi connectivity index (χ1) is 9.14. The van der Waals surface area contributed by atoms with Gasteiger partial charge in [0.1, 0.15) is 0 Å². The number of rotatable bonds is 7. The third-order valence-corrected chi connectivity index (χ3v) is 4.40. The standard InChI is InChI=1S/C14H20BrNO3/c1-18-12-5-10(11(15)6-13(12)19-2)7-16-8-14(9-17)3-4-14/h5-6,16-17H,3-4,7-9H2,1-2H3. The van der Waals surface area contributed by atoms with Crippen molar-refractivity contribution in [1.82, 2.24) is 5.32 Å². The molecule has 106 valence electrons. The van der Waals surface area contributed by atoms with Crippen molar-refractivity contribution in [3.8, 4) is 11.5 Å². The molecule has 1 aliphatic rings. The fourth-order valence-electron chi connectivity index (χ4n) is 2.06. The second-order valence-corrected chi connectivity index (χ2v) is 5.91. The zero-order chi connectivity index (χ0) is 13.9. The van der Waals surface area contributed by atoms with Crippen LogP contribution in [0.1, 0.15) is 18.4 Å². The van der Waals surface area contributed by atoms with Gasteiger partial charge in [-0.15, -0.1) is 0 Å². The molecule has 1 fully saturated rings. The fourth-order valence-corrected chi connectivity index (χ4v) is 2.52. The maximum absolute atomic E-state index is 9.27. The van der Waals surface area contributed by atoms with Crippen molar-refractivity contribution >= 4 is 15.9 Å². The van der Waals surface area contributed by atoms with E-state index in [1.54, 1.807) is 14.2 Å². The van der Waals surface area contributed by atoms with Gasteiger partial charge in [0.15, 0.2) is 11.5 Å². The van der Waals surface area contributed by atoms with E-state index in [-0.39, 0.29) is 12.0 Å². The molecule has 1 aromatic rings. The largest absolute Gasteiger partial charge is 0.493 e. The van der Waals surface area contributed by atoms with Crippen LogP contribution in [-0.4, -0.2) is 32.5 Å². The van der Waals surface area contributed by atoms with Crippen molar-refractivity contribution in [3.63, 3.8) is 0 Å². The summed E-state index contributed by atoms with van der Waals surface area (Å²) in [5, 5.41) is 12.7. The molecule has 0 bridgehead atoms. The Bertz CT molecular complexity index is 447. The van der Waals surface area contributed by atoms with Gasteiger partial charge < -0.3 is 19.9 Å². The topological polar surface area (TPSA) is 50.7 Å². The summed E-state index contributed by atoms with van der Waals surface area (Å²) in [6, 6.07) is 3.88. The predicted molar refractivity (Wildman–Crippen MR) is 77.7 cm³/mol. The van der Waals surface area contributed by atoms with E-state index in [1.807, 2.05) is 12.1 Å². The first kappa shape index (κ1) is 14.6. The summed E-state index contributed by atoms with van der Waals surface area (Å²) in [7, 11) is 3.26. The molecule has 4 nitrogen and oxygen atoms in total. The second kappa shape index (κ2) is 6.11. The molecule has 0 aliphatic heterocycles. The average molecular weight is 330 g/mol. The van der Waals surface area contributed by atoms with Crippen LogP contribution >= 0.6 is 15.9 Å². The minimum absolute atomic E-state index is 0.128. The Morgan fingerprint density at radius 1 is 1.26 bits per heavy atom. The van der Waals surface area contributed by atoms with Crippen LogP contribution in [0.2, 0.25) is 0 Å². The monoisotopic (exact) mass is 329 g/mol. The van der Waals surface area contributed by atoms with E-state index in [1.165, 1.54) is 0 Å². The van der Waals surface area contributed by atoms with Crippen LogP contribution in [0.4, 0.5) is 0 Å². The van der Waals surface area contributed by atoms with E-state index < -0.39 is 0 Å². The van der Waals surface area contributed by atoms with E-state index >= 15 is 0 Å². The Balaban J connectivity index is 1.99. The molecule has 1 aromatic carbocycles. The molecule has 0 atom stereocenters. The lowest BCUT2D eigenvalue weighted by molar-refractivity contribution is 0.207. The number of benzene rings is 1. The highest BCUT2D eigenvalue weighted by molar-refractivity contribution is 9.10. The van der Waals surface area contributed by atoms with Crippen LogP contribution in [0, 0.1) is 5.41 Å². The summed E-state index contributed by atoms with van der Waals surface area (Å²) in [6.45, 7) is 1.86. The quantitative estimate of drug-likeness (QED) is 0.806. The van der Waals surface area contributed by atoms with Crippen molar-refractivity contribution in [2.75, 3.05) is 27.4 Å². The van der Waals surface area contributed by atoms with Gasteiger partial charge in [-0.2, -0.15) is 0 Å². The molecule has 2 N–H and O–H groups in total. The lowest BCUT2D eigenvalue weighted by Gasteiger charge is -2.15. The summed E-state index contributed by atoms with van der Waals surface area (Å²) in [4.78, 5) is 0. The summed E-state index contributed by atoms with van der Waals surface area (Å²) in [5.41, 5.74) is 1.25. The molecule has 0 unspecified atom stereocenters. The summed E-state index contributed by atoms with van der Waals surface area (Å²) >= 11 is 3.54. The van der Waals surface area contributed by atoms with Crippen LogP contribution in [0.25, 0.3) is 0 Å². The number of nitrogens with one attached hydrogen (secondary N) is 1. The van der Waals surface area contributed by atoms with Crippen LogP contribution in [0.5, 0.6) is 11.5 Å². The maximum Gasteiger partial charge on any atom is 0.161 e. The molecule has 2 rings (SSSR count). The van der Waals surface area contributed by atoms with Gasteiger partial charge in [0, 0.05) is 29.6 Å². The molecule has 5 heteroatoms. The Labute approximate surface area is 122 Å². The number of hydrogen-bond acceptors (Lipinski definition) is 4. The first-order valence-electron chi connectivity index (χ1n) is 6.36. The van der Waals surface area contributed by atoms with Crippen LogP contribution < -0.4 is 14.8 Å². The number of ether oxygens (including phenoxy) is 2. The molecule has 0 saturated heterocycles. The Kier molecular flexibility index (Phi) is 4.71. The minimum Gasteiger partial charge on any atom is -0.493 e. The normalized spacial score (nSPS) is 16.2. The minimum atomic E-state index is 0.128. The Morgan fingerprint density at radius 2 is 1.89 bits per heavy atom. The molecule has 19 heavy (non-hydrogen) atoms. The molecule has 0 spiro atoms. The zero-order valence-corrected chi connectivity index (χ0v) is 12.9. The van der Waals surface area contributed by atoms with Gasteiger partial charge in [0.05, 0.1) is 14.2 Å². The molecular formula is C14H20BrNO3. The van der Waals surface area contributed by atoms with E-state index in [9.17, 15) is 5.11 Å². The van der Waals surface area contributed by atoms with E-state index in [2.05, 4.69) is 21.2 Å². The number of halogens is 1. The van der Waals surface area contributed by atoms with Crippen molar-refractivity contribution in [2.24, 2.45) is 5.41 Å². The summed E-state index contributed by atoms with van der Waals surface area (Å²) < 4.78 is 11.5. The highest BCUT2D eigenvalue weighted by atomic mass is 79.9. The number of hydrogen-bond donors (Lipinski definition) is 2. The molecule has 0 aromatic heterocycles. The van der Waals surface area contributed by atoms with Gasteiger partial charge in [0.25, 0.3) is 0 Å². The maximum atomic E-state index is 9.27. The molecule has 1 aliphatic carbocycles. The van der Waals surface area contributed by atoms with Crippen molar-refractivity contribution in [2.45, 2.75) is 19.4 Å². The van der Waals surface area contributed by atoms with Crippen molar-refractivity contribution < 1.29 is 14.6 Å². The van der Waals surface area contributed by atoms with Crippen LogP contribution in [0.15, 0.2) is 16.6 Å². The van der Waals surface area contributed by atoms with E-state index in [4.69, 9.17) is 9.47 Å². The van der Waals surface area contributed by atoms with Gasteiger partial charge in [-0.3, -0.25) is 0 Å². The number of aliphatic hydroxyl groups is 1. The summed E-state index contributed by atoms with van der Waals surface area (Å²) in [6.07, 6.45) is 2.23. The van der Waals surface area contributed by atoms with Gasteiger partial charge >= 0.3 is 0 Å². The molecule has 0 amide bonds. The fraction of sp³-hybridized carbons (Fsp3) is 0.571. The molecule has 1 saturated carbocycles. The van der Waals surface area contributed by atoms with Gasteiger partial charge in [-0.1, -0.05) is 15.9 Å². The predicted octanol–water partition coefficient (Wildman–Crippen LogP) is 2.33. The smallest absolute Gasteiger partial charge is 0.161 e. The van der Waals surface area contributed by atoms with Crippen molar-refractivity contribution in [1.29, 1.82) is 0 Å². The second-order valence-electron chi connectivity index (χ2n) is 5.06. The highest BCUT2D eigenvalue weighted by Gasteiger charge is 2.41. The van der Waals surface area contributed by atoms with Gasteiger partial charge in [0.2, 0.25) is 0 Å².